The third-order valence-electron chi connectivity index (χ3n) is 10.5. The average Bonchev–Trinajstić information content (AvgIpc) is 3.81. The lowest BCUT2D eigenvalue weighted by atomic mass is 10.0. The van der Waals surface area contributed by atoms with Crippen molar-refractivity contribution >= 4 is 49.4 Å². The van der Waals surface area contributed by atoms with Gasteiger partial charge in [0, 0.05) is 27.3 Å². The first kappa shape index (κ1) is 30.9. The smallest absolute Gasteiger partial charge is 0.278 e. The Kier molecular flexibility index (Phi) is 6.87. The van der Waals surface area contributed by atoms with Gasteiger partial charge >= 0.3 is 5.69 Å². The summed E-state index contributed by atoms with van der Waals surface area (Å²) in [6, 6.07) is 61.5. The van der Waals surface area contributed by atoms with Crippen molar-refractivity contribution in [3.63, 3.8) is 0 Å². The molecule has 0 saturated carbocycles. The number of hydrogen-bond donors (Lipinski definition) is 0. The largest absolute Gasteiger partial charge is 0.339 e. The maximum Gasteiger partial charge on any atom is 0.339 e. The van der Waals surface area contributed by atoms with Crippen molar-refractivity contribution in [2.24, 2.45) is 0 Å². The van der Waals surface area contributed by atoms with Gasteiger partial charge in [0.15, 0.2) is 5.65 Å². The van der Waals surface area contributed by atoms with E-state index in [4.69, 9.17) is 15.0 Å². The third kappa shape index (κ3) is 4.91. The van der Waals surface area contributed by atoms with E-state index in [1.165, 1.54) is 0 Å². The summed E-state index contributed by atoms with van der Waals surface area (Å²) in [6.07, 6.45) is 0. The van der Waals surface area contributed by atoms with Crippen molar-refractivity contribution < 1.29 is 0 Å². The topological polar surface area (TPSA) is 70.0 Å². The molecule has 0 amide bonds. The summed E-state index contributed by atoms with van der Waals surface area (Å²) in [5.74, 6) is 0.604. The molecule has 11 rings (SSSR count). The Morgan fingerprint density at radius 3 is 1.69 bits per heavy atom. The molecule has 0 aliphatic carbocycles. The maximum atomic E-state index is 14.4. The first-order chi connectivity index (χ1) is 27.2. The Balaban J connectivity index is 1.14. The number of benzene rings is 7. The van der Waals surface area contributed by atoms with Gasteiger partial charge < -0.3 is 0 Å². The highest BCUT2D eigenvalue weighted by Gasteiger charge is 2.20. The normalized spacial score (nSPS) is 11.7. The van der Waals surface area contributed by atoms with Gasteiger partial charge in [-0.25, -0.2) is 24.1 Å². The minimum atomic E-state index is -0.161. The first-order valence-corrected chi connectivity index (χ1v) is 18.2. The highest BCUT2D eigenvalue weighted by atomic mass is 16.1. The summed E-state index contributed by atoms with van der Waals surface area (Å²) < 4.78 is 5.69. The van der Waals surface area contributed by atoms with Crippen LogP contribution < -0.4 is 5.69 Å². The van der Waals surface area contributed by atoms with Gasteiger partial charge in [-0.15, -0.1) is 0 Å². The van der Waals surface area contributed by atoms with Crippen LogP contribution >= 0.6 is 0 Å². The van der Waals surface area contributed by atoms with E-state index in [-0.39, 0.29) is 5.69 Å². The Bertz CT molecular complexity index is 3270. The van der Waals surface area contributed by atoms with Crippen molar-refractivity contribution in [2.75, 3.05) is 0 Å². The number of aromatic nitrogens is 6. The zero-order valence-corrected chi connectivity index (χ0v) is 29.4. The highest BCUT2D eigenvalue weighted by molar-refractivity contribution is 6.10. The van der Waals surface area contributed by atoms with Crippen molar-refractivity contribution in [1.29, 1.82) is 0 Å². The van der Waals surface area contributed by atoms with Crippen molar-refractivity contribution in [2.45, 2.75) is 0 Å². The Morgan fingerprint density at radius 2 is 0.964 bits per heavy atom. The second-order valence-electron chi connectivity index (χ2n) is 13.7. The minimum absolute atomic E-state index is 0.161. The quantitative estimate of drug-likeness (QED) is 0.179. The molecule has 0 radical (unpaired) electrons. The molecular formula is C48H30N6O. The van der Waals surface area contributed by atoms with Crippen LogP contribution in [-0.2, 0) is 0 Å². The van der Waals surface area contributed by atoms with Gasteiger partial charge in [-0.05, 0) is 71.8 Å². The molecule has 4 aromatic heterocycles. The molecule has 7 nitrogen and oxygen atoms in total. The van der Waals surface area contributed by atoms with Gasteiger partial charge in [0.2, 0.25) is 5.95 Å². The summed E-state index contributed by atoms with van der Waals surface area (Å²) in [6.45, 7) is 0. The zero-order chi connectivity index (χ0) is 36.5. The van der Waals surface area contributed by atoms with Gasteiger partial charge in [-0.1, -0.05) is 121 Å². The Labute approximate surface area is 314 Å². The predicted octanol–water partition coefficient (Wildman–Crippen LogP) is 10.7. The summed E-state index contributed by atoms with van der Waals surface area (Å²) in [5.41, 5.74) is 11.4. The molecule has 258 valence electrons. The average molecular weight is 707 g/mol. The molecule has 0 spiro atoms. The van der Waals surface area contributed by atoms with Crippen LogP contribution in [0.3, 0.4) is 0 Å². The van der Waals surface area contributed by atoms with Crippen LogP contribution in [0.5, 0.6) is 0 Å². The summed E-state index contributed by atoms with van der Waals surface area (Å²) >= 11 is 0. The summed E-state index contributed by atoms with van der Waals surface area (Å²) in [7, 11) is 0. The lowest BCUT2D eigenvalue weighted by Gasteiger charge is -2.14. The van der Waals surface area contributed by atoms with Crippen LogP contribution in [0.2, 0.25) is 0 Å². The van der Waals surface area contributed by atoms with Crippen LogP contribution in [0.25, 0.3) is 94.7 Å². The number of para-hydroxylation sites is 4. The van der Waals surface area contributed by atoms with Crippen molar-refractivity contribution in [3.05, 3.63) is 192 Å². The molecule has 0 fully saturated rings. The third-order valence-corrected chi connectivity index (χ3v) is 10.5. The fraction of sp³-hybridized carbons (Fsp3) is 0. The van der Waals surface area contributed by atoms with Crippen LogP contribution in [-0.4, -0.2) is 28.5 Å². The summed E-state index contributed by atoms with van der Waals surface area (Å²) in [5, 5.41) is 3.08. The molecule has 0 unspecified atom stereocenters. The Hall–Kier alpha value is -7.64. The Morgan fingerprint density at radius 1 is 0.382 bits per heavy atom. The monoisotopic (exact) mass is 706 g/mol. The van der Waals surface area contributed by atoms with E-state index in [0.29, 0.717) is 11.6 Å². The standard InChI is InChI=1S/C48H30N6O/c55-48-52(35-18-8-3-9-19-35)45-29-34(24-26-37(45)46-49-39-21-11-13-23-44(39)54(46)48)33-25-27-43-38(28-33)36-20-10-12-22-42(36)53(43)47-50-40(31-14-4-1-5-15-31)30-41(51-47)32-16-6-2-7-17-32/h1-30H. The van der Waals surface area contributed by atoms with Crippen LogP contribution in [0.4, 0.5) is 0 Å². The van der Waals surface area contributed by atoms with E-state index in [0.717, 1.165) is 83.1 Å². The number of rotatable bonds is 5. The molecule has 11 aromatic rings. The second-order valence-corrected chi connectivity index (χ2v) is 13.7. The first-order valence-electron chi connectivity index (χ1n) is 18.2. The second kappa shape index (κ2) is 12.2. The van der Waals surface area contributed by atoms with Crippen LogP contribution in [0, 0.1) is 0 Å². The van der Waals surface area contributed by atoms with E-state index < -0.39 is 0 Å². The molecule has 7 heteroatoms. The van der Waals surface area contributed by atoms with Gasteiger partial charge in [-0.3, -0.25) is 9.13 Å². The number of fused-ring (bicyclic) bond motifs is 8. The molecule has 0 bridgehead atoms. The minimum Gasteiger partial charge on any atom is -0.278 e. The van der Waals surface area contributed by atoms with E-state index in [9.17, 15) is 4.79 Å². The van der Waals surface area contributed by atoms with Crippen molar-refractivity contribution in [3.8, 4) is 45.3 Å². The van der Waals surface area contributed by atoms with E-state index >= 15 is 0 Å². The van der Waals surface area contributed by atoms with E-state index in [2.05, 4.69) is 95.6 Å². The highest BCUT2D eigenvalue weighted by Crippen LogP contribution is 2.37. The predicted molar refractivity (Wildman–Crippen MR) is 222 cm³/mol. The molecular weight excluding hydrogens is 677 g/mol. The number of hydrogen-bond acceptors (Lipinski definition) is 4. The van der Waals surface area contributed by atoms with Gasteiger partial charge in [0.25, 0.3) is 0 Å². The van der Waals surface area contributed by atoms with Crippen molar-refractivity contribution in [1.82, 2.24) is 28.5 Å². The lowest BCUT2D eigenvalue weighted by molar-refractivity contribution is 0.932. The molecule has 0 aliphatic rings. The summed E-state index contributed by atoms with van der Waals surface area (Å²) in [4.78, 5) is 29.7. The molecule has 4 heterocycles. The fourth-order valence-corrected chi connectivity index (χ4v) is 7.93. The van der Waals surface area contributed by atoms with Gasteiger partial charge in [-0.2, -0.15) is 0 Å². The van der Waals surface area contributed by atoms with E-state index in [1.807, 2.05) is 91.0 Å². The molecule has 0 N–H and O–H groups in total. The molecule has 55 heavy (non-hydrogen) atoms. The zero-order valence-electron chi connectivity index (χ0n) is 29.4. The molecule has 0 saturated heterocycles. The van der Waals surface area contributed by atoms with Gasteiger partial charge in [0.05, 0.1) is 44.7 Å². The van der Waals surface area contributed by atoms with Gasteiger partial charge in [0.1, 0.15) is 0 Å². The SMILES string of the molecule is O=c1n(-c2ccccc2)c2cc(-c3ccc4c(c3)c3ccccc3n4-c3nc(-c4ccccc4)cc(-c4ccccc4)n3)ccc2c2nc3ccccc3n12. The van der Waals surface area contributed by atoms with E-state index in [1.54, 1.807) is 8.97 Å². The number of imidazole rings is 1. The fourth-order valence-electron chi connectivity index (χ4n) is 7.93. The molecule has 7 aromatic carbocycles. The molecule has 0 aliphatic heterocycles. The number of nitrogens with zero attached hydrogens (tertiary/aromatic N) is 6. The lowest BCUT2D eigenvalue weighted by Crippen LogP contribution is -2.25. The van der Waals surface area contributed by atoms with Crippen LogP contribution in [0.1, 0.15) is 0 Å². The maximum absolute atomic E-state index is 14.4. The van der Waals surface area contributed by atoms with Crippen LogP contribution in [0.15, 0.2) is 187 Å². The molecule has 0 atom stereocenters.